The van der Waals surface area contributed by atoms with Crippen molar-refractivity contribution in [1.82, 2.24) is 15.5 Å². The number of hydrogen-bond acceptors (Lipinski definition) is 4. The number of aromatic nitrogens is 2. The van der Waals surface area contributed by atoms with Gasteiger partial charge >= 0.3 is 0 Å². The predicted octanol–water partition coefficient (Wildman–Crippen LogP) is 3.92. The minimum Gasteiger partial charge on any atom is -0.419 e. The first kappa shape index (κ1) is 13.8. The lowest BCUT2D eigenvalue weighted by Gasteiger charge is -2.21. The lowest BCUT2D eigenvalue weighted by molar-refractivity contribution is 0.354. The molecule has 1 saturated carbocycles. The summed E-state index contributed by atoms with van der Waals surface area (Å²) in [6.07, 6.45) is 6.53. The summed E-state index contributed by atoms with van der Waals surface area (Å²) in [6, 6.07) is 8.49. The second-order valence-corrected chi connectivity index (χ2v) is 6.14. The van der Waals surface area contributed by atoms with E-state index in [2.05, 4.69) is 31.4 Å². The van der Waals surface area contributed by atoms with Crippen LogP contribution in [0.3, 0.4) is 0 Å². The highest BCUT2D eigenvalue weighted by Crippen LogP contribution is 2.22. The van der Waals surface area contributed by atoms with E-state index in [1.165, 1.54) is 32.1 Å². The second-order valence-electron chi connectivity index (χ2n) is 5.23. The fourth-order valence-corrected chi connectivity index (χ4v) is 3.00. The van der Waals surface area contributed by atoms with Gasteiger partial charge in [0.1, 0.15) is 0 Å². The molecule has 0 spiro atoms. The Morgan fingerprint density at radius 3 is 2.85 bits per heavy atom. The molecule has 106 valence electrons. The number of rotatable bonds is 4. The summed E-state index contributed by atoms with van der Waals surface area (Å²) in [5.74, 6) is 1.23. The molecule has 1 aliphatic carbocycles. The van der Waals surface area contributed by atoms with Crippen LogP contribution in [0.1, 0.15) is 38.0 Å². The van der Waals surface area contributed by atoms with Gasteiger partial charge in [0.05, 0.1) is 6.54 Å². The Bertz CT molecular complexity index is 564. The molecule has 1 heterocycles. The molecule has 0 saturated heterocycles. The topological polar surface area (TPSA) is 51.0 Å². The normalized spacial score (nSPS) is 16.4. The molecule has 1 fully saturated rings. The number of benzene rings is 1. The smallest absolute Gasteiger partial charge is 0.247 e. The van der Waals surface area contributed by atoms with E-state index in [-0.39, 0.29) is 0 Å². The highest BCUT2D eigenvalue weighted by atomic mass is 79.9. The van der Waals surface area contributed by atoms with Gasteiger partial charge in [-0.05, 0) is 31.0 Å². The van der Waals surface area contributed by atoms with Crippen LogP contribution in [0.25, 0.3) is 11.5 Å². The van der Waals surface area contributed by atoms with Gasteiger partial charge in [-0.15, -0.1) is 10.2 Å². The molecule has 0 unspecified atom stereocenters. The maximum absolute atomic E-state index is 5.71. The van der Waals surface area contributed by atoms with Crippen LogP contribution in [-0.2, 0) is 6.54 Å². The van der Waals surface area contributed by atoms with Gasteiger partial charge in [0.25, 0.3) is 0 Å². The average molecular weight is 336 g/mol. The standard InChI is InChI=1S/C15H18BrN3O/c16-12-6-4-5-11(9-12)15-19-18-14(20-15)10-17-13-7-2-1-3-8-13/h4-6,9,13,17H,1-3,7-8,10H2. The van der Waals surface area contributed by atoms with E-state index in [1.54, 1.807) is 0 Å². The van der Waals surface area contributed by atoms with Crippen molar-refractivity contribution in [3.63, 3.8) is 0 Å². The summed E-state index contributed by atoms with van der Waals surface area (Å²) in [5.41, 5.74) is 0.941. The van der Waals surface area contributed by atoms with Crippen molar-refractivity contribution in [3.8, 4) is 11.5 Å². The zero-order chi connectivity index (χ0) is 13.8. The third-order valence-electron chi connectivity index (χ3n) is 3.69. The Labute approximate surface area is 127 Å². The molecule has 1 aromatic carbocycles. The Hall–Kier alpha value is -1.20. The first-order valence-electron chi connectivity index (χ1n) is 7.13. The van der Waals surface area contributed by atoms with Crippen LogP contribution in [-0.4, -0.2) is 16.2 Å². The quantitative estimate of drug-likeness (QED) is 0.919. The molecule has 4 nitrogen and oxygen atoms in total. The zero-order valence-corrected chi connectivity index (χ0v) is 12.9. The van der Waals surface area contributed by atoms with Crippen molar-refractivity contribution < 1.29 is 4.42 Å². The third-order valence-corrected chi connectivity index (χ3v) is 4.18. The summed E-state index contributed by atoms with van der Waals surface area (Å²) in [5, 5.41) is 11.7. The van der Waals surface area contributed by atoms with Crippen molar-refractivity contribution >= 4 is 15.9 Å². The number of nitrogens with zero attached hydrogens (tertiary/aromatic N) is 2. The van der Waals surface area contributed by atoms with Gasteiger partial charge in [-0.2, -0.15) is 0 Å². The summed E-state index contributed by atoms with van der Waals surface area (Å²) < 4.78 is 6.72. The lowest BCUT2D eigenvalue weighted by atomic mass is 9.95. The van der Waals surface area contributed by atoms with E-state index >= 15 is 0 Å². The predicted molar refractivity (Wildman–Crippen MR) is 81.1 cm³/mol. The molecular weight excluding hydrogens is 318 g/mol. The maximum atomic E-state index is 5.71. The number of nitrogens with one attached hydrogen (secondary N) is 1. The average Bonchev–Trinajstić information content (AvgIpc) is 2.95. The van der Waals surface area contributed by atoms with E-state index in [9.17, 15) is 0 Å². The van der Waals surface area contributed by atoms with Gasteiger partial charge in [0.2, 0.25) is 11.8 Å². The Kier molecular flexibility index (Phi) is 4.47. The highest BCUT2D eigenvalue weighted by Gasteiger charge is 2.14. The molecule has 2 aromatic rings. The minimum absolute atomic E-state index is 0.576. The van der Waals surface area contributed by atoms with Crippen LogP contribution in [0.4, 0.5) is 0 Å². The monoisotopic (exact) mass is 335 g/mol. The van der Waals surface area contributed by atoms with Gasteiger partial charge in [0.15, 0.2) is 0 Å². The number of halogens is 1. The van der Waals surface area contributed by atoms with Crippen LogP contribution in [0.2, 0.25) is 0 Å². The van der Waals surface area contributed by atoms with Gasteiger partial charge in [-0.1, -0.05) is 41.3 Å². The fraction of sp³-hybridized carbons (Fsp3) is 0.467. The molecule has 0 atom stereocenters. The number of hydrogen-bond donors (Lipinski definition) is 1. The molecular formula is C15H18BrN3O. The molecule has 20 heavy (non-hydrogen) atoms. The summed E-state index contributed by atoms with van der Waals surface area (Å²) in [7, 11) is 0. The van der Waals surface area contributed by atoms with E-state index < -0.39 is 0 Å². The van der Waals surface area contributed by atoms with Crippen LogP contribution in [0.5, 0.6) is 0 Å². The van der Waals surface area contributed by atoms with Crippen LogP contribution in [0.15, 0.2) is 33.2 Å². The van der Waals surface area contributed by atoms with Crippen molar-refractivity contribution in [2.75, 3.05) is 0 Å². The first-order valence-corrected chi connectivity index (χ1v) is 7.92. The van der Waals surface area contributed by atoms with Gasteiger partial charge in [-0.25, -0.2) is 0 Å². The highest BCUT2D eigenvalue weighted by molar-refractivity contribution is 9.10. The zero-order valence-electron chi connectivity index (χ0n) is 11.3. The van der Waals surface area contributed by atoms with E-state index in [0.29, 0.717) is 24.4 Å². The first-order chi connectivity index (χ1) is 9.81. The van der Waals surface area contributed by atoms with Crippen LogP contribution in [0, 0.1) is 0 Å². The van der Waals surface area contributed by atoms with Crippen molar-refractivity contribution in [1.29, 1.82) is 0 Å². The van der Waals surface area contributed by atoms with E-state index in [4.69, 9.17) is 4.42 Å². The van der Waals surface area contributed by atoms with Crippen molar-refractivity contribution in [2.24, 2.45) is 0 Å². The molecule has 0 aliphatic heterocycles. The van der Waals surface area contributed by atoms with Gasteiger partial charge in [-0.3, -0.25) is 0 Å². The SMILES string of the molecule is Brc1cccc(-c2nnc(CNC3CCCCC3)o2)c1. The largest absolute Gasteiger partial charge is 0.419 e. The van der Waals surface area contributed by atoms with Crippen LogP contribution >= 0.6 is 15.9 Å². The second kappa shape index (κ2) is 6.50. The fourth-order valence-electron chi connectivity index (χ4n) is 2.60. The maximum Gasteiger partial charge on any atom is 0.247 e. The lowest BCUT2D eigenvalue weighted by Crippen LogP contribution is -2.30. The van der Waals surface area contributed by atoms with Crippen molar-refractivity contribution in [3.05, 3.63) is 34.6 Å². The van der Waals surface area contributed by atoms with Gasteiger partial charge < -0.3 is 9.73 Å². The van der Waals surface area contributed by atoms with E-state index in [0.717, 1.165) is 10.0 Å². The molecule has 0 amide bonds. The van der Waals surface area contributed by atoms with Crippen LogP contribution < -0.4 is 5.32 Å². The summed E-state index contributed by atoms with van der Waals surface area (Å²) >= 11 is 3.45. The summed E-state index contributed by atoms with van der Waals surface area (Å²) in [6.45, 7) is 0.658. The molecule has 0 bridgehead atoms. The van der Waals surface area contributed by atoms with E-state index in [1.807, 2.05) is 24.3 Å². The molecule has 3 rings (SSSR count). The van der Waals surface area contributed by atoms with Crippen molar-refractivity contribution in [2.45, 2.75) is 44.7 Å². The molecule has 5 heteroatoms. The Balaban J connectivity index is 1.61. The Morgan fingerprint density at radius 2 is 2.05 bits per heavy atom. The molecule has 1 aromatic heterocycles. The third kappa shape index (κ3) is 3.46. The van der Waals surface area contributed by atoms with Gasteiger partial charge in [0, 0.05) is 16.1 Å². The molecule has 0 radical (unpaired) electrons. The Morgan fingerprint density at radius 1 is 1.20 bits per heavy atom. The minimum atomic E-state index is 0.576. The summed E-state index contributed by atoms with van der Waals surface area (Å²) in [4.78, 5) is 0. The molecule has 1 aliphatic rings. The molecule has 1 N–H and O–H groups in total.